The normalized spacial score (nSPS) is 30.8. The van der Waals surface area contributed by atoms with E-state index in [1.807, 2.05) is 0 Å². The van der Waals surface area contributed by atoms with Crippen LogP contribution in [-0.2, 0) is 4.74 Å². The van der Waals surface area contributed by atoms with Gasteiger partial charge >= 0.3 is 0 Å². The van der Waals surface area contributed by atoms with Crippen LogP contribution in [0, 0.1) is 5.92 Å². The van der Waals surface area contributed by atoms with Gasteiger partial charge in [0.25, 0.3) is 0 Å². The third kappa shape index (κ3) is 4.97. The fraction of sp³-hybridized carbons (Fsp3) is 1.00. The molecule has 0 radical (unpaired) electrons. The fourth-order valence-corrected chi connectivity index (χ4v) is 3.28. The van der Waals surface area contributed by atoms with Crippen LogP contribution in [0.1, 0.15) is 26.2 Å². The Morgan fingerprint density at radius 2 is 1.85 bits per heavy atom. The lowest BCUT2D eigenvalue weighted by atomic mass is 10.1. The van der Waals surface area contributed by atoms with Crippen molar-refractivity contribution in [3.8, 4) is 0 Å². The molecular formula is C15H30N2O3. The number of nitrogens with zero attached hydrogens (tertiary/aromatic N) is 2. The summed E-state index contributed by atoms with van der Waals surface area (Å²) in [5, 5.41) is 19.0. The molecule has 2 N–H and O–H groups in total. The molecule has 118 valence electrons. The molecule has 0 aromatic heterocycles. The summed E-state index contributed by atoms with van der Waals surface area (Å²) < 4.78 is 5.86. The highest BCUT2D eigenvalue weighted by atomic mass is 16.5. The number of β-amino-alcohol motifs (C(OH)–C–C–N with tert-alkyl or cyclic N) is 2. The smallest absolute Gasteiger partial charge is 0.0900 e. The molecule has 0 spiro atoms. The Labute approximate surface area is 122 Å². The Hall–Kier alpha value is -0.200. The van der Waals surface area contributed by atoms with Crippen LogP contribution in [0.5, 0.6) is 0 Å². The Kier molecular flexibility index (Phi) is 6.71. The molecule has 2 rings (SSSR count). The third-order valence-corrected chi connectivity index (χ3v) is 4.64. The van der Waals surface area contributed by atoms with Gasteiger partial charge in [-0.05, 0) is 18.8 Å². The van der Waals surface area contributed by atoms with Gasteiger partial charge in [-0.3, -0.25) is 9.80 Å². The lowest BCUT2D eigenvalue weighted by Gasteiger charge is -2.35. The van der Waals surface area contributed by atoms with E-state index < -0.39 is 0 Å². The van der Waals surface area contributed by atoms with Crippen molar-refractivity contribution in [3.05, 3.63) is 0 Å². The molecular weight excluding hydrogens is 256 g/mol. The minimum absolute atomic E-state index is 0.232. The lowest BCUT2D eigenvalue weighted by molar-refractivity contribution is -0.0358. The molecule has 1 aliphatic heterocycles. The van der Waals surface area contributed by atoms with Gasteiger partial charge in [-0.15, -0.1) is 0 Å². The predicted octanol–water partition coefficient (Wildman–Crippen LogP) is 0.162. The maximum absolute atomic E-state index is 10.1. The van der Waals surface area contributed by atoms with Gasteiger partial charge in [-0.25, -0.2) is 0 Å². The molecule has 20 heavy (non-hydrogen) atoms. The van der Waals surface area contributed by atoms with Crippen LogP contribution >= 0.6 is 0 Å². The second-order valence-corrected chi connectivity index (χ2v) is 6.30. The van der Waals surface area contributed by atoms with Crippen molar-refractivity contribution < 1.29 is 14.9 Å². The zero-order chi connectivity index (χ0) is 14.4. The van der Waals surface area contributed by atoms with Crippen LogP contribution in [0.15, 0.2) is 0 Å². The van der Waals surface area contributed by atoms with E-state index >= 15 is 0 Å². The van der Waals surface area contributed by atoms with Gasteiger partial charge in [0.2, 0.25) is 0 Å². The van der Waals surface area contributed by atoms with E-state index in [2.05, 4.69) is 16.7 Å². The summed E-state index contributed by atoms with van der Waals surface area (Å²) >= 11 is 0. The molecule has 3 atom stereocenters. The van der Waals surface area contributed by atoms with Gasteiger partial charge in [0.1, 0.15) is 0 Å². The van der Waals surface area contributed by atoms with E-state index in [-0.39, 0.29) is 12.7 Å². The number of aliphatic hydroxyl groups excluding tert-OH is 2. The molecule has 0 bridgehead atoms. The number of hydrogen-bond acceptors (Lipinski definition) is 5. The highest BCUT2D eigenvalue weighted by Crippen LogP contribution is 2.27. The zero-order valence-corrected chi connectivity index (χ0v) is 12.7. The maximum atomic E-state index is 10.1. The van der Waals surface area contributed by atoms with Gasteiger partial charge in [-0.2, -0.15) is 0 Å². The number of rotatable bonds is 7. The van der Waals surface area contributed by atoms with E-state index in [0.29, 0.717) is 25.2 Å². The second-order valence-electron chi connectivity index (χ2n) is 6.30. The fourth-order valence-electron chi connectivity index (χ4n) is 3.28. The summed E-state index contributed by atoms with van der Waals surface area (Å²) in [6.07, 6.45) is 3.63. The number of hydrogen-bond donors (Lipinski definition) is 2. The molecule has 1 aliphatic carbocycles. The van der Waals surface area contributed by atoms with Crippen LogP contribution in [0.3, 0.4) is 0 Å². The van der Waals surface area contributed by atoms with E-state index in [1.54, 1.807) is 0 Å². The van der Waals surface area contributed by atoms with E-state index in [0.717, 1.165) is 39.1 Å². The van der Waals surface area contributed by atoms with Crippen molar-refractivity contribution in [1.82, 2.24) is 9.80 Å². The van der Waals surface area contributed by atoms with Crippen LogP contribution in [0.25, 0.3) is 0 Å². The lowest BCUT2D eigenvalue weighted by Crippen LogP contribution is -2.49. The van der Waals surface area contributed by atoms with Crippen molar-refractivity contribution in [3.63, 3.8) is 0 Å². The summed E-state index contributed by atoms with van der Waals surface area (Å²) in [7, 11) is 0. The standard InChI is InChI=1S/C15H30N2O3/c1-13-3-2-4-15(13)20-12-14(19)11-17-7-5-16(6-8-17)9-10-18/h13-15,18-19H,2-12H2,1H3/t13-,14-,15+/m1/s1. The van der Waals surface area contributed by atoms with Gasteiger partial charge in [-0.1, -0.05) is 13.3 Å². The molecule has 0 unspecified atom stereocenters. The monoisotopic (exact) mass is 286 g/mol. The molecule has 0 aromatic rings. The van der Waals surface area contributed by atoms with Crippen LogP contribution < -0.4 is 0 Å². The van der Waals surface area contributed by atoms with Gasteiger partial charge in [0.05, 0.1) is 25.4 Å². The minimum atomic E-state index is -0.382. The first-order valence-electron chi connectivity index (χ1n) is 8.04. The molecule has 0 aromatic carbocycles. The molecule has 0 amide bonds. The Morgan fingerprint density at radius 3 is 2.45 bits per heavy atom. The molecule has 2 aliphatic rings. The molecule has 1 saturated carbocycles. The maximum Gasteiger partial charge on any atom is 0.0900 e. The van der Waals surface area contributed by atoms with Gasteiger partial charge < -0.3 is 14.9 Å². The van der Waals surface area contributed by atoms with Gasteiger partial charge in [0.15, 0.2) is 0 Å². The summed E-state index contributed by atoms with van der Waals surface area (Å²) in [6, 6.07) is 0. The van der Waals surface area contributed by atoms with Crippen LogP contribution in [-0.4, -0.2) is 84.7 Å². The first kappa shape index (κ1) is 16.2. The van der Waals surface area contributed by atoms with Crippen LogP contribution in [0.4, 0.5) is 0 Å². The van der Waals surface area contributed by atoms with Crippen molar-refractivity contribution >= 4 is 0 Å². The minimum Gasteiger partial charge on any atom is -0.395 e. The van der Waals surface area contributed by atoms with Crippen LogP contribution in [0.2, 0.25) is 0 Å². The largest absolute Gasteiger partial charge is 0.395 e. The molecule has 5 nitrogen and oxygen atoms in total. The van der Waals surface area contributed by atoms with E-state index in [1.165, 1.54) is 12.8 Å². The summed E-state index contributed by atoms with van der Waals surface area (Å²) in [5.74, 6) is 0.643. The highest BCUT2D eigenvalue weighted by Gasteiger charge is 2.25. The number of piperazine rings is 1. The Bertz CT molecular complexity index is 270. The molecule has 1 saturated heterocycles. The Morgan fingerprint density at radius 1 is 1.15 bits per heavy atom. The molecule has 1 heterocycles. The van der Waals surface area contributed by atoms with Crippen molar-refractivity contribution in [2.45, 2.75) is 38.4 Å². The average Bonchev–Trinajstić information content (AvgIpc) is 2.84. The van der Waals surface area contributed by atoms with Gasteiger partial charge in [0, 0.05) is 39.3 Å². The van der Waals surface area contributed by atoms with E-state index in [9.17, 15) is 5.11 Å². The highest BCUT2D eigenvalue weighted by molar-refractivity contribution is 4.77. The topological polar surface area (TPSA) is 56.2 Å². The number of ether oxygens (including phenoxy) is 1. The molecule has 5 heteroatoms. The third-order valence-electron chi connectivity index (χ3n) is 4.64. The van der Waals surface area contributed by atoms with E-state index in [4.69, 9.17) is 9.84 Å². The molecule has 2 fully saturated rings. The average molecular weight is 286 g/mol. The summed E-state index contributed by atoms with van der Waals surface area (Å²) in [4.78, 5) is 4.56. The SMILES string of the molecule is C[C@@H]1CCC[C@@H]1OC[C@H](O)CN1CCN(CCO)CC1. The Balaban J connectivity index is 1.59. The summed E-state index contributed by atoms with van der Waals surface area (Å²) in [6.45, 7) is 8.30. The zero-order valence-electron chi connectivity index (χ0n) is 12.7. The first-order chi connectivity index (χ1) is 9.69. The number of aliphatic hydroxyl groups is 2. The first-order valence-corrected chi connectivity index (χ1v) is 8.04. The second kappa shape index (κ2) is 8.29. The summed E-state index contributed by atoms with van der Waals surface area (Å²) in [5.41, 5.74) is 0. The quantitative estimate of drug-likeness (QED) is 0.698. The van der Waals surface area contributed by atoms with Crippen molar-refractivity contribution in [2.75, 3.05) is 52.5 Å². The predicted molar refractivity (Wildman–Crippen MR) is 78.7 cm³/mol. The van der Waals surface area contributed by atoms with Crippen molar-refractivity contribution in [1.29, 1.82) is 0 Å². The van der Waals surface area contributed by atoms with Crippen molar-refractivity contribution in [2.24, 2.45) is 5.92 Å².